The molecule has 3 rings (SSSR count). The molecule has 0 atom stereocenters. The lowest BCUT2D eigenvalue weighted by atomic mass is 10.0. The summed E-state index contributed by atoms with van der Waals surface area (Å²) in [7, 11) is -3.70. The molecule has 2 N–H and O–H groups in total. The molecule has 0 aliphatic rings. The molecule has 1 amide bonds. The van der Waals surface area contributed by atoms with Crippen LogP contribution >= 0.6 is 0 Å². The van der Waals surface area contributed by atoms with Gasteiger partial charge in [-0.25, -0.2) is 8.42 Å². The smallest absolute Gasteiger partial charge is 0.261 e. The molecule has 0 fully saturated rings. The van der Waals surface area contributed by atoms with E-state index in [4.69, 9.17) is 0 Å². The summed E-state index contributed by atoms with van der Waals surface area (Å²) in [5.74, 6) is -0.151. The molecule has 0 saturated carbocycles. The number of hydrogen-bond acceptors (Lipinski definition) is 3. The standard InChI is InChI=1S/C23H24N2O3S/c1-16-8-9-19(14-18(16)3)15-23(26)24-20-10-12-21(13-11-20)29(27,28)25-22-7-5-4-6-17(22)2/h4-14,25H,15H2,1-3H3,(H,24,26). The molecule has 6 heteroatoms. The maximum absolute atomic E-state index is 12.6. The average molecular weight is 409 g/mol. The molecule has 3 aromatic carbocycles. The summed E-state index contributed by atoms with van der Waals surface area (Å²) in [4.78, 5) is 12.4. The van der Waals surface area contributed by atoms with Gasteiger partial charge < -0.3 is 5.32 Å². The minimum atomic E-state index is -3.70. The fourth-order valence-electron chi connectivity index (χ4n) is 2.91. The molecule has 0 saturated heterocycles. The van der Waals surface area contributed by atoms with Crippen molar-refractivity contribution in [3.63, 3.8) is 0 Å². The summed E-state index contributed by atoms with van der Waals surface area (Å²) in [5.41, 5.74) is 5.20. The fourth-order valence-corrected chi connectivity index (χ4v) is 4.04. The Morgan fingerprint density at radius 3 is 2.17 bits per heavy atom. The van der Waals surface area contributed by atoms with E-state index in [-0.39, 0.29) is 17.2 Å². The van der Waals surface area contributed by atoms with Gasteiger partial charge in [0.1, 0.15) is 0 Å². The van der Waals surface area contributed by atoms with Crippen LogP contribution in [-0.4, -0.2) is 14.3 Å². The Bertz CT molecular complexity index is 1140. The molecule has 0 bridgehead atoms. The van der Waals surface area contributed by atoms with Crippen molar-refractivity contribution in [2.45, 2.75) is 32.1 Å². The van der Waals surface area contributed by atoms with Gasteiger partial charge in [-0.3, -0.25) is 9.52 Å². The largest absolute Gasteiger partial charge is 0.326 e. The fraction of sp³-hybridized carbons (Fsp3) is 0.174. The number of carbonyl (C=O) groups is 1. The molecule has 0 aliphatic carbocycles. The topological polar surface area (TPSA) is 75.3 Å². The first-order valence-corrected chi connectivity index (χ1v) is 10.8. The lowest BCUT2D eigenvalue weighted by Crippen LogP contribution is -2.16. The molecule has 150 valence electrons. The lowest BCUT2D eigenvalue weighted by molar-refractivity contribution is -0.115. The van der Waals surface area contributed by atoms with Gasteiger partial charge in [0.25, 0.3) is 10.0 Å². The SMILES string of the molecule is Cc1ccc(CC(=O)Nc2ccc(S(=O)(=O)Nc3ccccc3C)cc2)cc1C. The molecule has 0 radical (unpaired) electrons. The number of hydrogen-bond donors (Lipinski definition) is 2. The molecule has 0 aliphatic heterocycles. The monoisotopic (exact) mass is 408 g/mol. The first-order chi connectivity index (χ1) is 13.7. The highest BCUT2D eigenvalue weighted by Crippen LogP contribution is 2.21. The van der Waals surface area contributed by atoms with E-state index in [1.165, 1.54) is 17.7 Å². The average Bonchev–Trinajstić information content (AvgIpc) is 2.67. The van der Waals surface area contributed by atoms with Gasteiger partial charge in [0.2, 0.25) is 5.91 Å². The van der Waals surface area contributed by atoms with Crippen molar-refractivity contribution in [3.05, 3.63) is 89.0 Å². The first kappa shape index (κ1) is 20.6. The minimum Gasteiger partial charge on any atom is -0.326 e. The molecule has 0 heterocycles. The van der Waals surface area contributed by atoms with Crippen molar-refractivity contribution >= 4 is 27.3 Å². The van der Waals surface area contributed by atoms with Gasteiger partial charge in [0.15, 0.2) is 0 Å². The quantitative estimate of drug-likeness (QED) is 0.626. The Kier molecular flexibility index (Phi) is 6.03. The summed E-state index contributed by atoms with van der Waals surface area (Å²) in [6.45, 7) is 5.88. The molecule has 29 heavy (non-hydrogen) atoms. The van der Waals surface area contributed by atoms with Crippen LogP contribution < -0.4 is 10.0 Å². The Morgan fingerprint density at radius 1 is 0.828 bits per heavy atom. The second-order valence-corrected chi connectivity index (χ2v) is 8.77. The lowest BCUT2D eigenvalue weighted by Gasteiger charge is -2.11. The summed E-state index contributed by atoms with van der Waals surface area (Å²) in [6.07, 6.45) is 0.260. The Hall–Kier alpha value is -3.12. The third-order valence-electron chi connectivity index (χ3n) is 4.77. The summed E-state index contributed by atoms with van der Waals surface area (Å²) < 4.78 is 27.8. The maximum atomic E-state index is 12.6. The number of nitrogens with one attached hydrogen (secondary N) is 2. The Labute approximate surface area is 171 Å². The van der Waals surface area contributed by atoms with Crippen molar-refractivity contribution in [3.8, 4) is 0 Å². The second kappa shape index (κ2) is 8.49. The van der Waals surface area contributed by atoms with Crippen LogP contribution in [-0.2, 0) is 21.2 Å². The van der Waals surface area contributed by atoms with Crippen molar-refractivity contribution in [1.82, 2.24) is 0 Å². The van der Waals surface area contributed by atoms with Crippen LogP contribution in [0.15, 0.2) is 71.6 Å². The van der Waals surface area contributed by atoms with E-state index in [9.17, 15) is 13.2 Å². The van der Waals surface area contributed by atoms with Crippen LogP contribution in [0.1, 0.15) is 22.3 Å². The summed E-state index contributed by atoms with van der Waals surface area (Å²) in [6, 6.07) is 19.3. The zero-order chi connectivity index (χ0) is 21.0. The van der Waals surface area contributed by atoms with Crippen molar-refractivity contribution < 1.29 is 13.2 Å². The van der Waals surface area contributed by atoms with Gasteiger partial charge in [0.05, 0.1) is 17.0 Å². The van der Waals surface area contributed by atoms with E-state index >= 15 is 0 Å². The first-order valence-electron chi connectivity index (χ1n) is 9.29. The van der Waals surface area contributed by atoms with E-state index in [2.05, 4.69) is 10.0 Å². The van der Waals surface area contributed by atoms with Crippen LogP contribution in [0.3, 0.4) is 0 Å². The van der Waals surface area contributed by atoms with Gasteiger partial charge in [0, 0.05) is 5.69 Å². The second-order valence-electron chi connectivity index (χ2n) is 7.09. The van der Waals surface area contributed by atoms with Crippen molar-refractivity contribution in [1.29, 1.82) is 0 Å². The third-order valence-corrected chi connectivity index (χ3v) is 6.16. The number of amides is 1. The predicted octanol–water partition coefficient (Wildman–Crippen LogP) is 4.59. The number of carbonyl (C=O) groups excluding carboxylic acids is 1. The maximum Gasteiger partial charge on any atom is 0.261 e. The van der Waals surface area contributed by atoms with Crippen LogP contribution in [0.2, 0.25) is 0 Å². The van der Waals surface area contributed by atoms with Gasteiger partial charge >= 0.3 is 0 Å². The number of para-hydroxylation sites is 1. The van der Waals surface area contributed by atoms with Gasteiger partial charge in [-0.05, 0) is 73.4 Å². The summed E-state index contributed by atoms with van der Waals surface area (Å²) in [5, 5.41) is 2.81. The highest BCUT2D eigenvalue weighted by Gasteiger charge is 2.15. The van der Waals surface area contributed by atoms with Crippen LogP contribution in [0.4, 0.5) is 11.4 Å². The Morgan fingerprint density at radius 2 is 1.52 bits per heavy atom. The van der Waals surface area contributed by atoms with Crippen LogP contribution in [0, 0.1) is 20.8 Å². The van der Waals surface area contributed by atoms with Gasteiger partial charge in [-0.2, -0.15) is 0 Å². The Balaban J connectivity index is 1.67. The molecule has 0 spiro atoms. The molecule has 0 aromatic heterocycles. The van der Waals surface area contributed by atoms with E-state index in [0.717, 1.165) is 16.7 Å². The number of benzene rings is 3. The number of sulfonamides is 1. The van der Waals surface area contributed by atoms with E-state index in [0.29, 0.717) is 11.4 Å². The third kappa shape index (κ3) is 5.23. The molecule has 5 nitrogen and oxygen atoms in total. The summed E-state index contributed by atoms with van der Waals surface area (Å²) >= 11 is 0. The zero-order valence-electron chi connectivity index (χ0n) is 16.7. The minimum absolute atomic E-state index is 0.132. The van der Waals surface area contributed by atoms with Gasteiger partial charge in [-0.1, -0.05) is 36.4 Å². The van der Waals surface area contributed by atoms with E-state index < -0.39 is 10.0 Å². The normalized spacial score (nSPS) is 11.1. The number of anilines is 2. The number of rotatable bonds is 6. The molecular weight excluding hydrogens is 384 g/mol. The number of aryl methyl sites for hydroxylation is 3. The van der Waals surface area contributed by atoms with E-state index in [1.807, 2.05) is 51.1 Å². The molecule has 3 aromatic rings. The van der Waals surface area contributed by atoms with Gasteiger partial charge in [-0.15, -0.1) is 0 Å². The highest BCUT2D eigenvalue weighted by atomic mass is 32.2. The molecular formula is C23H24N2O3S. The predicted molar refractivity (Wildman–Crippen MR) is 117 cm³/mol. The van der Waals surface area contributed by atoms with E-state index in [1.54, 1.807) is 24.3 Å². The van der Waals surface area contributed by atoms with Crippen molar-refractivity contribution in [2.75, 3.05) is 10.0 Å². The highest BCUT2D eigenvalue weighted by molar-refractivity contribution is 7.92. The zero-order valence-corrected chi connectivity index (χ0v) is 17.5. The molecule has 0 unspecified atom stereocenters. The van der Waals surface area contributed by atoms with Crippen LogP contribution in [0.25, 0.3) is 0 Å². The van der Waals surface area contributed by atoms with Crippen molar-refractivity contribution in [2.24, 2.45) is 0 Å². The van der Waals surface area contributed by atoms with Crippen LogP contribution in [0.5, 0.6) is 0 Å².